The fourth-order valence-corrected chi connectivity index (χ4v) is 4.52. The Kier molecular flexibility index (Phi) is 9.96. The first-order chi connectivity index (χ1) is 20.3. The zero-order valence-electron chi connectivity index (χ0n) is 22.7. The molecule has 0 unspecified atom stereocenters. The van der Waals surface area contributed by atoms with E-state index >= 15 is 0 Å². The highest BCUT2D eigenvalue weighted by Crippen LogP contribution is 2.36. The molecule has 0 saturated carbocycles. The summed E-state index contributed by atoms with van der Waals surface area (Å²) in [6, 6.07) is 13.5. The van der Waals surface area contributed by atoms with E-state index in [1.54, 1.807) is 12.1 Å². The van der Waals surface area contributed by atoms with Gasteiger partial charge in [-0.1, -0.05) is 0 Å². The molecule has 0 aliphatic carbocycles. The summed E-state index contributed by atoms with van der Waals surface area (Å²) in [5.41, 5.74) is 2.40. The monoisotopic (exact) mass is 613 g/mol. The maximum Gasteiger partial charge on any atom is 0.490 e. The summed E-state index contributed by atoms with van der Waals surface area (Å²) in [6.45, 7) is 3.64. The van der Waals surface area contributed by atoms with Gasteiger partial charge < -0.3 is 30.1 Å². The van der Waals surface area contributed by atoms with Crippen molar-refractivity contribution in [1.82, 2.24) is 9.97 Å². The van der Waals surface area contributed by atoms with Gasteiger partial charge in [-0.15, -0.1) is 0 Å². The number of alkyl halides is 6. The molecule has 0 atom stereocenters. The van der Waals surface area contributed by atoms with Gasteiger partial charge in [0.25, 0.3) is 0 Å². The number of aromatic nitrogens is 2. The van der Waals surface area contributed by atoms with E-state index in [2.05, 4.69) is 20.2 Å². The Balaban J connectivity index is 0.000000541. The van der Waals surface area contributed by atoms with Crippen molar-refractivity contribution < 1.29 is 46.1 Å². The Labute approximate surface area is 242 Å². The molecule has 2 aliphatic heterocycles. The van der Waals surface area contributed by atoms with E-state index in [4.69, 9.17) is 14.6 Å². The van der Waals surface area contributed by atoms with E-state index in [1.165, 1.54) is 12.3 Å². The van der Waals surface area contributed by atoms with Crippen molar-refractivity contribution in [1.29, 1.82) is 0 Å². The van der Waals surface area contributed by atoms with Gasteiger partial charge in [-0.2, -0.15) is 26.3 Å². The van der Waals surface area contributed by atoms with Gasteiger partial charge in [0.2, 0.25) is 5.95 Å². The van der Waals surface area contributed by atoms with Gasteiger partial charge in [-0.3, -0.25) is 0 Å². The number of aliphatic carboxylic acids is 1. The van der Waals surface area contributed by atoms with Crippen molar-refractivity contribution in [3.8, 4) is 11.3 Å². The number of aliphatic hydroxyl groups excluding tert-OH is 1. The lowest BCUT2D eigenvalue weighted by atomic mass is 10.0. The molecule has 3 heterocycles. The molecule has 0 radical (unpaired) electrons. The van der Waals surface area contributed by atoms with E-state index in [-0.39, 0.29) is 6.10 Å². The maximum atomic E-state index is 13.7. The number of piperidine rings is 1. The minimum absolute atomic E-state index is 0.228. The highest BCUT2D eigenvalue weighted by molar-refractivity contribution is 5.73. The number of nitrogens with zero attached hydrogens (tertiary/aromatic N) is 4. The van der Waals surface area contributed by atoms with Crippen LogP contribution in [0.5, 0.6) is 0 Å². The highest BCUT2D eigenvalue weighted by Gasteiger charge is 2.38. The standard InChI is InChI=1S/C26H28F3N5O2.C2HF3O2/c27-26(28,29)19-15-18(16-22(17-19)34-11-13-36-14-12-34)24-5-8-30-25(32-24)31-20-1-3-21(4-2-20)33-9-6-23(35)7-10-33;3-2(4,5)1(6)7/h1-5,8,15-17,23,35H,6-7,9-14H2,(H,30,31,32);(H,6,7). The normalized spacial score (nSPS) is 16.3. The molecule has 0 spiro atoms. The topological polar surface area (TPSA) is 111 Å². The van der Waals surface area contributed by atoms with Gasteiger partial charge in [0, 0.05) is 55.0 Å². The molecule has 2 aliphatic rings. The third-order valence-electron chi connectivity index (χ3n) is 6.77. The van der Waals surface area contributed by atoms with Crippen molar-refractivity contribution in [3.63, 3.8) is 0 Å². The molecule has 15 heteroatoms. The molecule has 2 aromatic carbocycles. The summed E-state index contributed by atoms with van der Waals surface area (Å²) in [5.74, 6) is -2.46. The van der Waals surface area contributed by atoms with Gasteiger partial charge in [0.15, 0.2) is 0 Å². The van der Waals surface area contributed by atoms with Crippen molar-refractivity contribution in [2.75, 3.05) is 54.5 Å². The number of aliphatic hydroxyl groups is 1. The first-order valence-electron chi connectivity index (χ1n) is 13.3. The number of carbonyl (C=O) groups is 1. The summed E-state index contributed by atoms with van der Waals surface area (Å²) >= 11 is 0. The molecule has 9 nitrogen and oxygen atoms in total. The predicted octanol–water partition coefficient (Wildman–Crippen LogP) is 5.34. The number of anilines is 4. The number of rotatable bonds is 5. The number of carboxylic acid groups (broad SMARTS) is 1. The molecule has 2 saturated heterocycles. The van der Waals surface area contributed by atoms with Crippen LogP contribution in [0.2, 0.25) is 0 Å². The van der Waals surface area contributed by atoms with Crippen LogP contribution in [0, 0.1) is 0 Å². The van der Waals surface area contributed by atoms with E-state index in [9.17, 15) is 31.4 Å². The lowest BCUT2D eigenvalue weighted by Crippen LogP contribution is -2.36. The summed E-state index contributed by atoms with van der Waals surface area (Å²) in [4.78, 5) is 21.8. The second kappa shape index (κ2) is 13.5. The average molecular weight is 614 g/mol. The van der Waals surface area contributed by atoms with Crippen molar-refractivity contribution in [2.45, 2.75) is 31.3 Å². The predicted molar refractivity (Wildman–Crippen MR) is 146 cm³/mol. The number of hydrogen-bond acceptors (Lipinski definition) is 8. The third kappa shape index (κ3) is 8.94. The van der Waals surface area contributed by atoms with E-state index in [1.807, 2.05) is 29.2 Å². The van der Waals surface area contributed by atoms with Crippen molar-refractivity contribution in [2.24, 2.45) is 0 Å². The summed E-state index contributed by atoms with van der Waals surface area (Å²) in [6.07, 6.45) is -6.74. The van der Waals surface area contributed by atoms with Crippen LogP contribution in [0.3, 0.4) is 0 Å². The summed E-state index contributed by atoms with van der Waals surface area (Å²) in [7, 11) is 0. The first kappa shape index (κ1) is 31.8. The molecule has 43 heavy (non-hydrogen) atoms. The zero-order valence-corrected chi connectivity index (χ0v) is 22.7. The number of hydrogen-bond donors (Lipinski definition) is 3. The Morgan fingerprint density at radius 1 is 0.884 bits per heavy atom. The smallest absolute Gasteiger partial charge is 0.475 e. The number of nitrogens with one attached hydrogen (secondary N) is 1. The number of halogens is 6. The molecule has 0 amide bonds. The minimum atomic E-state index is -5.08. The number of ether oxygens (including phenoxy) is 1. The molecule has 2 fully saturated rings. The second-order valence-corrected chi connectivity index (χ2v) is 9.82. The molecule has 3 N–H and O–H groups in total. The van der Waals surface area contributed by atoms with Gasteiger partial charge >= 0.3 is 18.3 Å². The van der Waals surface area contributed by atoms with Crippen LogP contribution >= 0.6 is 0 Å². The van der Waals surface area contributed by atoms with Crippen LogP contribution in [0.1, 0.15) is 18.4 Å². The summed E-state index contributed by atoms with van der Waals surface area (Å²) < 4.78 is 78.1. The van der Waals surface area contributed by atoms with Crippen molar-refractivity contribution >= 4 is 29.0 Å². The fourth-order valence-electron chi connectivity index (χ4n) is 4.52. The van der Waals surface area contributed by atoms with Gasteiger partial charge in [0.05, 0.1) is 30.6 Å². The molecule has 3 aromatic rings. The molecular weight excluding hydrogens is 584 g/mol. The fraction of sp³-hybridized carbons (Fsp3) is 0.393. The molecular formula is C28H29F6N5O4. The summed E-state index contributed by atoms with van der Waals surface area (Å²) in [5, 5.41) is 20.0. The Hall–Kier alpha value is -4.11. The Morgan fingerprint density at radius 2 is 1.49 bits per heavy atom. The lowest BCUT2D eigenvalue weighted by Gasteiger charge is -2.31. The van der Waals surface area contributed by atoms with Gasteiger partial charge in [0.1, 0.15) is 0 Å². The Morgan fingerprint density at radius 3 is 2.07 bits per heavy atom. The van der Waals surface area contributed by atoms with Gasteiger partial charge in [-0.05, 0) is 61.4 Å². The van der Waals surface area contributed by atoms with E-state index in [0.29, 0.717) is 49.2 Å². The molecule has 232 valence electrons. The molecule has 0 bridgehead atoms. The van der Waals surface area contributed by atoms with E-state index < -0.39 is 23.9 Å². The number of morpholine rings is 1. The average Bonchev–Trinajstić information content (AvgIpc) is 2.98. The van der Waals surface area contributed by atoms with Crippen molar-refractivity contribution in [3.05, 3.63) is 60.3 Å². The highest BCUT2D eigenvalue weighted by atomic mass is 19.4. The van der Waals surface area contributed by atoms with Crippen LogP contribution < -0.4 is 15.1 Å². The van der Waals surface area contributed by atoms with Crippen LogP contribution in [-0.4, -0.2) is 77.8 Å². The largest absolute Gasteiger partial charge is 0.490 e. The van der Waals surface area contributed by atoms with E-state index in [0.717, 1.165) is 43.4 Å². The molecule has 5 rings (SSSR count). The first-order valence-corrected chi connectivity index (χ1v) is 13.3. The SMILES string of the molecule is O=C(O)C(F)(F)F.OC1CCN(c2ccc(Nc3nccc(-c4cc(N5CCOCC5)cc(C(F)(F)F)c4)n3)cc2)CC1. The maximum absolute atomic E-state index is 13.7. The second-order valence-electron chi connectivity index (χ2n) is 9.82. The number of benzene rings is 2. The zero-order chi connectivity index (χ0) is 31.2. The van der Waals surface area contributed by atoms with Crippen LogP contribution in [0.25, 0.3) is 11.3 Å². The van der Waals surface area contributed by atoms with Crippen LogP contribution in [0.15, 0.2) is 54.7 Å². The van der Waals surface area contributed by atoms with Gasteiger partial charge in [-0.25, -0.2) is 14.8 Å². The minimum Gasteiger partial charge on any atom is -0.475 e. The lowest BCUT2D eigenvalue weighted by molar-refractivity contribution is -0.192. The quantitative estimate of drug-likeness (QED) is 0.329. The molecule has 1 aromatic heterocycles. The Bertz CT molecular complexity index is 1370. The third-order valence-corrected chi connectivity index (χ3v) is 6.77. The number of carboxylic acids is 1. The van der Waals surface area contributed by atoms with Crippen LogP contribution in [-0.2, 0) is 15.7 Å². The van der Waals surface area contributed by atoms with Crippen LogP contribution in [0.4, 0.5) is 49.4 Å².